The Hall–Kier alpha value is -2.24. The number of hydrogen-bond donors (Lipinski definition) is 1. The first kappa shape index (κ1) is 15.3. The molecule has 2 aromatic rings. The molecule has 126 valence electrons. The lowest BCUT2D eigenvalue weighted by atomic mass is 9.69. The summed E-state index contributed by atoms with van der Waals surface area (Å²) in [5.74, 6) is 0.694. The van der Waals surface area contributed by atoms with E-state index in [1.165, 1.54) is 19.2 Å². The van der Waals surface area contributed by atoms with Gasteiger partial charge in [0.05, 0.1) is 5.69 Å². The van der Waals surface area contributed by atoms with E-state index in [-0.39, 0.29) is 17.4 Å². The van der Waals surface area contributed by atoms with E-state index in [1.54, 1.807) is 4.68 Å². The fraction of sp³-hybridized carbons (Fsp3) is 0.556. The van der Waals surface area contributed by atoms with Crippen LogP contribution in [0.4, 0.5) is 0 Å². The van der Waals surface area contributed by atoms with Crippen molar-refractivity contribution in [3.05, 3.63) is 36.2 Å². The van der Waals surface area contributed by atoms with Gasteiger partial charge in [-0.15, -0.1) is 5.10 Å². The Morgan fingerprint density at radius 2 is 2.17 bits per heavy atom. The van der Waals surface area contributed by atoms with Gasteiger partial charge in [-0.2, -0.15) is 0 Å². The van der Waals surface area contributed by atoms with Crippen LogP contribution in [0.5, 0.6) is 0 Å². The first-order chi connectivity index (χ1) is 11.4. The highest BCUT2D eigenvalue weighted by Gasteiger charge is 2.61. The van der Waals surface area contributed by atoms with Crippen molar-refractivity contribution < 1.29 is 4.79 Å². The average Bonchev–Trinajstić information content (AvgIpc) is 3.22. The maximum atomic E-state index is 12.8. The molecule has 1 amide bonds. The number of fused-ring (bicyclic) bond motifs is 2. The molecule has 1 heterocycles. The quantitative estimate of drug-likeness (QED) is 0.941. The van der Waals surface area contributed by atoms with Crippen LogP contribution in [0.15, 0.2) is 30.6 Å². The van der Waals surface area contributed by atoms with Crippen LogP contribution in [-0.2, 0) is 0 Å². The van der Waals surface area contributed by atoms with E-state index in [0.717, 1.165) is 12.1 Å². The number of benzene rings is 1. The first-order valence-electron chi connectivity index (χ1n) is 8.56. The van der Waals surface area contributed by atoms with Crippen LogP contribution < -0.4 is 5.32 Å². The normalized spacial score (nSPS) is 30.5. The lowest BCUT2D eigenvalue weighted by Gasteiger charge is -2.39. The molecule has 0 saturated heterocycles. The highest BCUT2D eigenvalue weighted by molar-refractivity contribution is 5.95. The first-order valence-corrected chi connectivity index (χ1v) is 8.56. The van der Waals surface area contributed by atoms with Crippen LogP contribution in [-0.4, -0.2) is 32.2 Å². The maximum Gasteiger partial charge on any atom is 0.251 e. The second kappa shape index (κ2) is 5.13. The molecule has 1 aromatic carbocycles. The van der Waals surface area contributed by atoms with Crippen LogP contribution in [0, 0.1) is 16.7 Å². The van der Waals surface area contributed by atoms with Crippen molar-refractivity contribution >= 4 is 5.91 Å². The molecule has 3 atom stereocenters. The van der Waals surface area contributed by atoms with Gasteiger partial charge in [-0.1, -0.05) is 26.8 Å². The molecule has 2 fully saturated rings. The Balaban J connectivity index is 1.55. The molecule has 24 heavy (non-hydrogen) atoms. The lowest BCUT2D eigenvalue weighted by molar-refractivity contribution is 0.0826. The molecule has 6 heteroatoms. The smallest absolute Gasteiger partial charge is 0.251 e. The maximum absolute atomic E-state index is 12.8. The van der Waals surface area contributed by atoms with E-state index < -0.39 is 0 Å². The van der Waals surface area contributed by atoms with E-state index in [4.69, 9.17) is 0 Å². The van der Waals surface area contributed by atoms with Gasteiger partial charge < -0.3 is 5.32 Å². The minimum absolute atomic E-state index is 0.0144. The summed E-state index contributed by atoms with van der Waals surface area (Å²) in [4.78, 5) is 12.8. The van der Waals surface area contributed by atoms with Crippen molar-refractivity contribution in [2.45, 2.75) is 46.1 Å². The van der Waals surface area contributed by atoms with Gasteiger partial charge >= 0.3 is 0 Å². The zero-order valence-corrected chi connectivity index (χ0v) is 14.4. The van der Waals surface area contributed by atoms with Crippen molar-refractivity contribution in [3.63, 3.8) is 0 Å². The highest BCUT2D eigenvalue weighted by Crippen LogP contribution is 2.65. The molecule has 0 unspecified atom stereocenters. The van der Waals surface area contributed by atoms with Gasteiger partial charge in [-0.05, 0) is 64.6 Å². The molecular weight excluding hydrogens is 302 g/mol. The molecule has 0 aliphatic heterocycles. The molecular formula is C18H23N5O. The number of amides is 1. The highest BCUT2D eigenvalue weighted by atomic mass is 16.1. The Morgan fingerprint density at radius 1 is 1.33 bits per heavy atom. The number of aromatic nitrogens is 4. The predicted molar refractivity (Wildman–Crippen MR) is 89.6 cm³/mol. The van der Waals surface area contributed by atoms with Crippen molar-refractivity contribution in [2.24, 2.45) is 16.7 Å². The summed E-state index contributed by atoms with van der Waals surface area (Å²) in [6.07, 6.45) is 5.09. The van der Waals surface area contributed by atoms with Gasteiger partial charge in [0.15, 0.2) is 0 Å². The Bertz CT molecular complexity index is 769. The van der Waals surface area contributed by atoms with E-state index in [2.05, 4.69) is 41.6 Å². The Morgan fingerprint density at radius 3 is 2.79 bits per heavy atom. The van der Waals surface area contributed by atoms with E-state index >= 15 is 0 Å². The summed E-state index contributed by atoms with van der Waals surface area (Å²) in [6.45, 7) is 7.05. The molecule has 2 aliphatic carbocycles. The average molecular weight is 325 g/mol. The van der Waals surface area contributed by atoms with Gasteiger partial charge in [0.1, 0.15) is 6.33 Å². The molecule has 2 bridgehead atoms. The number of rotatable bonds is 3. The number of tetrazole rings is 1. The van der Waals surface area contributed by atoms with Gasteiger partial charge in [-0.25, -0.2) is 4.68 Å². The SMILES string of the molecule is CC1(C)[C@@H]2CC[C@]1(C)[C@H](NC(=O)c1cccc(-n3cnnn3)c1)C2. The molecule has 4 rings (SSSR count). The topological polar surface area (TPSA) is 72.7 Å². The number of carbonyl (C=O) groups excluding carboxylic acids is 1. The fourth-order valence-corrected chi connectivity index (χ4v) is 4.73. The van der Waals surface area contributed by atoms with E-state index in [1.807, 2.05) is 24.3 Å². The van der Waals surface area contributed by atoms with Crippen LogP contribution >= 0.6 is 0 Å². The zero-order valence-electron chi connectivity index (χ0n) is 14.4. The lowest BCUT2D eigenvalue weighted by Crippen LogP contribution is -2.46. The summed E-state index contributed by atoms with van der Waals surface area (Å²) in [7, 11) is 0. The van der Waals surface area contributed by atoms with Crippen molar-refractivity contribution in [2.75, 3.05) is 0 Å². The Kier molecular flexibility index (Phi) is 3.27. The molecule has 6 nitrogen and oxygen atoms in total. The third kappa shape index (κ3) is 2.08. The summed E-state index contributed by atoms with van der Waals surface area (Å²) in [5, 5.41) is 14.4. The zero-order chi connectivity index (χ0) is 16.9. The largest absolute Gasteiger partial charge is 0.349 e. The van der Waals surface area contributed by atoms with Gasteiger partial charge in [-0.3, -0.25) is 4.79 Å². The molecule has 0 radical (unpaired) electrons. The summed E-state index contributed by atoms with van der Waals surface area (Å²) < 4.78 is 1.55. The molecule has 0 spiro atoms. The van der Waals surface area contributed by atoms with Gasteiger partial charge in [0.2, 0.25) is 0 Å². The second-order valence-electron chi connectivity index (χ2n) is 7.94. The van der Waals surface area contributed by atoms with Crippen molar-refractivity contribution in [1.82, 2.24) is 25.5 Å². The second-order valence-corrected chi connectivity index (χ2v) is 7.94. The Labute approximate surface area is 141 Å². The third-order valence-electron chi connectivity index (χ3n) is 6.82. The van der Waals surface area contributed by atoms with Crippen molar-refractivity contribution in [1.29, 1.82) is 0 Å². The fourth-order valence-electron chi connectivity index (χ4n) is 4.73. The monoisotopic (exact) mass is 325 g/mol. The summed E-state index contributed by atoms with van der Waals surface area (Å²) >= 11 is 0. The minimum atomic E-state index is -0.0144. The predicted octanol–water partition coefficient (Wildman–Crippen LogP) is 2.61. The van der Waals surface area contributed by atoms with Gasteiger partial charge in [0, 0.05) is 11.6 Å². The number of carbonyl (C=O) groups is 1. The molecule has 2 saturated carbocycles. The number of nitrogens with one attached hydrogen (secondary N) is 1. The van der Waals surface area contributed by atoms with Gasteiger partial charge in [0.25, 0.3) is 5.91 Å². The van der Waals surface area contributed by atoms with Crippen LogP contribution in [0.2, 0.25) is 0 Å². The van der Waals surface area contributed by atoms with E-state index in [0.29, 0.717) is 16.9 Å². The van der Waals surface area contributed by atoms with Crippen LogP contribution in [0.3, 0.4) is 0 Å². The summed E-state index contributed by atoms with van der Waals surface area (Å²) in [5.41, 5.74) is 1.90. The van der Waals surface area contributed by atoms with Crippen LogP contribution in [0.25, 0.3) is 5.69 Å². The number of hydrogen-bond acceptors (Lipinski definition) is 4. The molecule has 2 aliphatic rings. The van der Waals surface area contributed by atoms with Crippen LogP contribution in [0.1, 0.15) is 50.4 Å². The molecule has 1 N–H and O–H groups in total. The van der Waals surface area contributed by atoms with Crippen molar-refractivity contribution in [3.8, 4) is 5.69 Å². The summed E-state index contributed by atoms with van der Waals surface area (Å²) in [6, 6.07) is 7.65. The van der Waals surface area contributed by atoms with E-state index in [9.17, 15) is 4.79 Å². The molecule has 1 aromatic heterocycles. The third-order valence-corrected chi connectivity index (χ3v) is 6.82. The standard InChI is InChI=1S/C18H23N5O/c1-17(2)13-7-8-18(17,3)15(10-13)20-16(24)12-5-4-6-14(9-12)23-11-19-21-22-23/h4-6,9,11,13,15H,7-8,10H2,1-3H3,(H,20,24)/t13-,15-,18-/m1/s1. The minimum Gasteiger partial charge on any atom is -0.349 e. The number of nitrogens with zero attached hydrogens (tertiary/aromatic N) is 4.